The van der Waals surface area contributed by atoms with E-state index in [9.17, 15) is 10.1 Å². The van der Waals surface area contributed by atoms with Crippen LogP contribution in [0.4, 0.5) is 0 Å². The van der Waals surface area contributed by atoms with Crippen molar-refractivity contribution in [2.75, 3.05) is 6.54 Å². The third-order valence-corrected chi connectivity index (χ3v) is 0.661. The number of rotatable bonds is 2. The van der Waals surface area contributed by atoms with E-state index in [1.807, 2.05) is 20.8 Å². The predicted octanol–water partition coefficient (Wildman–Crippen LogP) is 1.60. The molecule has 0 aromatic carbocycles. The molecule has 54 valence electrons. The van der Waals surface area contributed by atoms with Gasteiger partial charge in [-0.2, -0.15) is 0 Å². The Labute approximate surface area is 54.4 Å². The monoisotopic (exact) mass is 131 g/mol. The SMILES string of the molecule is CC(C)(C)C[N-][N+](=O)[O-]. The number of nitrogens with zero attached hydrogens (tertiary/aromatic N) is 2. The zero-order valence-corrected chi connectivity index (χ0v) is 5.92. The van der Waals surface area contributed by atoms with Crippen molar-refractivity contribution in [3.8, 4) is 0 Å². The van der Waals surface area contributed by atoms with Crippen LogP contribution in [0.5, 0.6) is 0 Å². The molecule has 4 nitrogen and oxygen atoms in total. The molecule has 0 amide bonds. The first kappa shape index (κ1) is 8.20. The summed E-state index contributed by atoms with van der Waals surface area (Å²) in [5.74, 6) is 0. The third-order valence-electron chi connectivity index (χ3n) is 0.661. The molecule has 0 spiro atoms. The van der Waals surface area contributed by atoms with E-state index < -0.39 is 5.03 Å². The Morgan fingerprint density at radius 2 is 2.00 bits per heavy atom. The zero-order chi connectivity index (χ0) is 7.49. The van der Waals surface area contributed by atoms with Gasteiger partial charge in [-0.25, -0.2) is 0 Å². The number of hydrogen-bond acceptors (Lipinski definition) is 2. The highest BCUT2D eigenvalue weighted by atomic mass is 16.7. The van der Waals surface area contributed by atoms with Crippen LogP contribution in [0.3, 0.4) is 0 Å². The molecule has 4 heteroatoms. The van der Waals surface area contributed by atoms with E-state index in [-0.39, 0.29) is 12.0 Å². The second-order valence-electron chi connectivity index (χ2n) is 3.10. The van der Waals surface area contributed by atoms with Gasteiger partial charge in [-0.05, 0) is 10.4 Å². The van der Waals surface area contributed by atoms with Crippen molar-refractivity contribution in [1.82, 2.24) is 0 Å². The minimum absolute atomic E-state index is 0.0763. The quantitative estimate of drug-likeness (QED) is 0.422. The first-order valence-corrected chi connectivity index (χ1v) is 2.73. The van der Waals surface area contributed by atoms with Crippen molar-refractivity contribution < 1.29 is 5.03 Å². The lowest BCUT2D eigenvalue weighted by Crippen LogP contribution is -2.12. The molecule has 0 radical (unpaired) electrons. The van der Waals surface area contributed by atoms with E-state index in [0.717, 1.165) is 0 Å². The molecule has 0 unspecified atom stereocenters. The van der Waals surface area contributed by atoms with Crippen LogP contribution in [0.15, 0.2) is 0 Å². The molecule has 0 bridgehead atoms. The lowest BCUT2D eigenvalue weighted by Gasteiger charge is -2.22. The summed E-state index contributed by atoms with van der Waals surface area (Å²) in [7, 11) is 0. The van der Waals surface area contributed by atoms with Crippen LogP contribution < -0.4 is 0 Å². The van der Waals surface area contributed by atoms with Crippen LogP contribution >= 0.6 is 0 Å². The maximum atomic E-state index is 9.68. The molecule has 0 fully saturated rings. The predicted molar refractivity (Wildman–Crippen MR) is 34.7 cm³/mol. The lowest BCUT2D eigenvalue weighted by atomic mass is 9.98. The Bertz CT molecular complexity index is 106. The molecule has 9 heavy (non-hydrogen) atoms. The summed E-state index contributed by atoms with van der Waals surface area (Å²) in [4.78, 5) is 9.68. The fraction of sp³-hybridized carbons (Fsp3) is 1.00. The summed E-state index contributed by atoms with van der Waals surface area (Å²) in [5.41, 5.74) is 3.04. The molecule has 0 heterocycles. The van der Waals surface area contributed by atoms with E-state index in [4.69, 9.17) is 0 Å². The molecule has 0 N–H and O–H groups in total. The Balaban J connectivity index is 3.39. The number of hydrogen-bond donors (Lipinski definition) is 0. The molecule has 0 aromatic heterocycles. The Hall–Kier alpha value is -0.800. The van der Waals surface area contributed by atoms with Crippen molar-refractivity contribution in [2.24, 2.45) is 5.41 Å². The topological polar surface area (TPSA) is 57.2 Å². The van der Waals surface area contributed by atoms with E-state index in [0.29, 0.717) is 0 Å². The lowest BCUT2D eigenvalue weighted by molar-refractivity contribution is -0.428. The van der Waals surface area contributed by atoms with Crippen molar-refractivity contribution in [3.05, 3.63) is 15.5 Å². The van der Waals surface area contributed by atoms with Crippen molar-refractivity contribution in [2.45, 2.75) is 20.8 Å². The average Bonchev–Trinajstić information content (AvgIpc) is 1.59. The van der Waals surface area contributed by atoms with Gasteiger partial charge in [0.15, 0.2) is 0 Å². The molecule has 0 aliphatic rings. The minimum Gasteiger partial charge on any atom is -0.379 e. The summed E-state index contributed by atoms with van der Waals surface area (Å²) >= 11 is 0. The Morgan fingerprint density at radius 3 is 2.11 bits per heavy atom. The van der Waals surface area contributed by atoms with Crippen LogP contribution in [0.1, 0.15) is 20.8 Å². The molecule has 0 saturated carbocycles. The van der Waals surface area contributed by atoms with Gasteiger partial charge in [0, 0.05) is 0 Å². The molecule has 0 rings (SSSR count). The van der Waals surface area contributed by atoms with Gasteiger partial charge in [-0.3, -0.25) is 10.1 Å². The highest BCUT2D eigenvalue weighted by molar-refractivity contribution is 4.74. The van der Waals surface area contributed by atoms with E-state index in [2.05, 4.69) is 5.43 Å². The average molecular weight is 131 g/mol. The first-order chi connectivity index (χ1) is 3.92. The zero-order valence-electron chi connectivity index (χ0n) is 5.92. The summed E-state index contributed by atoms with van der Waals surface area (Å²) in [6.45, 7) is 5.99. The first-order valence-electron chi connectivity index (χ1n) is 2.73. The second kappa shape index (κ2) is 2.66. The van der Waals surface area contributed by atoms with Crippen LogP contribution in [0.2, 0.25) is 0 Å². The van der Waals surface area contributed by atoms with Gasteiger partial charge < -0.3 is 5.43 Å². The molecular formula is C5H11N2O2-. The molecule has 0 atom stereocenters. The van der Waals surface area contributed by atoms with Gasteiger partial charge >= 0.3 is 0 Å². The maximum absolute atomic E-state index is 9.68. The smallest absolute Gasteiger partial charge is 0.0127 e. The Kier molecular flexibility index (Phi) is 2.42. The van der Waals surface area contributed by atoms with Gasteiger partial charge in [-0.15, -0.1) is 0 Å². The molecule has 0 aliphatic heterocycles. The molecular weight excluding hydrogens is 120 g/mol. The number of nitro groups is 1. The molecule has 0 aromatic rings. The van der Waals surface area contributed by atoms with Crippen LogP contribution in [0, 0.1) is 15.5 Å². The summed E-state index contributed by atoms with van der Waals surface area (Å²) in [6.07, 6.45) is 0. The maximum Gasteiger partial charge on any atom is -0.0127 e. The van der Waals surface area contributed by atoms with Crippen LogP contribution in [-0.4, -0.2) is 11.6 Å². The standard InChI is InChI=1S/C5H11N2O2/c1-5(2,3)4-6-7(8)9/h4H2,1-3H3/q-1. The van der Waals surface area contributed by atoms with Gasteiger partial charge in [-0.1, -0.05) is 27.3 Å². The van der Waals surface area contributed by atoms with Gasteiger partial charge in [0.2, 0.25) is 0 Å². The fourth-order valence-corrected chi connectivity index (χ4v) is 0.270. The van der Waals surface area contributed by atoms with Crippen molar-refractivity contribution >= 4 is 0 Å². The largest absolute Gasteiger partial charge is 0.379 e. The minimum atomic E-state index is -0.648. The van der Waals surface area contributed by atoms with E-state index in [1.165, 1.54) is 0 Å². The van der Waals surface area contributed by atoms with Crippen molar-refractivity contribution in [3.63, 3.8) is 0 Å². The van der Waals surface area contributed by atoms with Crippen LogP contribution in [-0.2, 0) is 0 Å². The van der Waals surface area contributed by atoms with Gasteiger partial charge in [0.1, 0.15) is 0 Å². The molecule has 0 aliphatic carbocycles. The van der Waals surface area contributed by atoms with E-state index in [1.54, 1.807) is 0 Å². The van der Waals surface area contributed by atoms with Crippen LogP contribution in [0.25, 0.3) is 5.43 Å². The third kappa shape index (κ3) is 7.20. The summed E-state index contributed by atoms with van der Waals surface area (Å²) in [5, 5.41) is 9.04. The van der Waals surface area contributed by atoms with Crippen molar-refractivity contribution in [1.29, 1.82) is 0 Å². The fourth-order valence-electron chi connectivity index (χ4n) is 0.270. The van der Waals surface area contributed by atoms with Gasteiger partial charge in [0.05, 0.1) is 0 Å². The summed E-state index contributed by atoms with van der Waals surface area (Å²) in [6, 6.07) is 0. The Morgan fingerprint density at radius 1 is 1.56 bits per heavy atom. The molecule has 0 saturated heterocycles. The second-order valence-corrected chi connectivity index (χ2v) is 3.10. The highest BCUT2D eigenvalue weighted by Gasteiger charge is 2.04. The summed E-state index contributed by atoms with van der Waals surface area (Å²) < 4.78 is 0. The normalized spacial score (nSPS) is 11.0. The van der Waals surface area contributed by atoms with E-state index >= 15 is 0 Å². The van der Waals surface area contributed by atoms with Gasteiger partial charge in [0.25, 0.3) is 0 Å². The highest BCUT2D eigenvalue weighted by Crippen LogP contribution is 2.14.